The zero-order valence-electron chi connectivity index (χ0n) is 11.4. The molecule has 17 heavy (non-hydrogen) atoms. The number of hydrogen-bond donors (Lipinski definition) is 1. The second-order valence-corrected chi connectivity index (χ2v) is 6.87. The fourth-order valence-corrected chi connectivity index (χ4v) is 3.58. The molecule has 0 radical (unpaired) electrons. The van der Waals surface area contributed by atoms with Crippen molar-refractivity contribution in [2.75, 3.05) is 13.6 Å². The SMILES string of the molecule is CN(CC1CC2CCC1C2)C(=O)CC(C)(C)N. The largest absolute Gasteiger partial charge is 0.345 e. The van der Waals surface area contributed by atoms with Crippen LogP contribution in [0, 0.1) is 17.8 Å². The lowest BCUT2D eigenvalue weighted by Gasteiger charge is -2.29. The first-order valence-corrected chi connectivity index (χ1v) is 6.88. The lowest BCUT2D eigenvalue weighted by molar-refractivity contribution is -0.131. The summed E-state index contributed by atoms with van der Waals surface area (Å²) in [4.78, 5) is 13.9. The molecule has 0 spiro atoms. The van der Waals surface area contributed by atoms with Crippen LogP contribution in [0.5, 0.6) is 0 Å². The van der Waals surface area contributed by atoms with E-state index < -0.39 is 0 Å². The minimum absolute atomic E-state index is 0.195. The highest BCUT2D eigenvalue weighted by Gasteiger charge is 2.40. The average molecular weight is 238 g/mol. The number of hydrogen-bond acceptors (Lipinski definition) is 2. The summed E-state index contributed by atoms with van der Waals surface area (Å²) >= 11 is 0. The second kappa shape index (κ2) is 4.60. The highest BCUT2D eigenvalue weighted by atomic mass is 16.2. The van der Waals surface area contributed by atoms with Gasteiger partial charge in [-0.1, -0.05) is 6.42 Å². The third-order valence-electron chi connectivity index (χ3n) is 4.43. The fraction of sp³-hybridized carbons (Fsp3) is 0.929. The molecule has 0 aliphatic heterocycles. The van der Waals surface area contributed by atoms with E-state index in [4.69, 9.17) is 5.73 Å². The van der Waals surface area contributed by atoms with Gasteiger partial charge in [-0.05, 0) is 50.9 Å². The van der Waals surface area contributed by atoms with E-state index in [9.17, 15) is 4.79 Å². The van der Waals surface area contributed by atoms with Gasteiger partial charge in [0.1, 0.15) is 0 Å². The van der Waals surface area contributed by atoms with E-state index in [2.05, 4.69) is 0 Å². The Balaban J connectivity index is 1.81. The fourth-order valence-electron chi connectivity index (χ4n) is 3.58. The van der Waals surface area contributed by atoms with Crippen molar-refractivity contribution in [2.24, 2.45) is 23.5 Å². The van der Waals surface area contributed by atoms with Gasteiger partial charge in [0.05, 0.1) is 0 Å². The van der Waals surface area contributed by atoms with Crippen LogP contribution in [0.2, 0.25) is 0 Å². The summed E-state index contributed by atoms with van der Waals surface area (Å²) in [6.07, 6.45) is 6.02. The Kier molecular flexibility index (Phi) is 3.48. The number of carbonyl (C=O) groups excluding carboxylic acids is 1. The smallest absolute Gasteiger partial charge is 0.224 e. The van der Waals surface area contributed by atoms with Crippen molar-refractivity contribution in [1.82, 2.24) is 4.90 Å². The van der Waals surface area contributed by atoms with Crippen molar-refractivity contribution in [3.8, 4) is 0 Å². The van der Waals surface area contributed by atoms with Gasteiger partial charge < -0.3 is 10.6 Å². The molecule has 3 atom stereocenters. The molecule has 0 aromatic rings. The number of nitrogens with zero attached hydrogens (tertiary/aromatic N) is 1. The molecule has 2 N–H and O–H groups in total. The zero-order valence-corrected chi connectivity index (χ0v) is 11.4. The topological polar surface area (TPSA) is 46.3 Å². The van der Waals surface area contributed by atoms with Gasteiger partial charge >= 0.3 is 0 Å². The lowest BCUT2D eigenvalue weighted by Crippen LogP contribution is -2.41. The standard InChI is InChI=1S/C14H26N2O/c1-14(2,15)8-13(17)16(3)9-12-7-10-4-5-11(12)6-10/h10-12H,4-9,15H2,1-3H3. The van der Waals surface area contributed by atoms with E-state index in [1.165, 1.54) is 25.7 Å². The molecule has 0 heterocycles. The molecular formula is C14H26N2O. The van der Waals surface area contributed by atoms with Crippen LogP contribution < -0.4 is 5.73 Å². The first-order chi connectivity index (χ1) is 7.85. The summed E-state index contributed by atoms with van der Waals surface area (Å²) in [6.45, 7) is 4.77. The number of rotatable bonds is 4. The molecule has 0 aromatic heterocycles. The van der Waals surface area contributed by atoms with Gasteiger partial charge in [-0.15, -0.1) is 0 Å². The van der Waals surface area contributed by atoms with Crippen LogP contribution in [0.1, 0.15) is 46.0 Å². The predicted octanol–water partition coefficient (Wildman–Crippen LogP) is 2.01. The van der Waals surface area contributed by atoms with Crippen LogP contribution in [0.15, 0.2) is 0 Å². The predicted molar refractivity (Wildman–Crippen MR) is 69.5 cm³/mol. The van der Waals surface area contributed by atoms with Gasteiger partial charge in [-0.3, -0.25) is 4.79 Å². The summed E-state index contributed by atoms with van der Waals surface area (Å²) in [6, 6.07) is 0. The molecule has 2 aliphatic rings. The highest BCUT2D eigenvalue weighted by molar-refractivity contribution is 5.77. The summed E-state index contributed by atoms with van der Waals surface area (Å²) in [5.74, 6) is 2.80. The van der Waals surface area contributed by atoms with E-state index >= 15 is 0 Å². The van der Waals surface area contributed by atoms with Crippen molar-refractivity contribution in [3.05, 3.63) is 0 Å². The maximum atomic E-state index is 12.0. The van der Waals surface area contributed by atoms with Crippen molar-refractivity contribution in [3.63, 3.8) is 0 Å². The molecule has 3 unspecified atom stereocenters. The zero-order chi connectivity index (χ0) is 12.6. The Bertz CT molecular complexity index is 295. The molecule has 2 bridgehead atoms. The summed E-state index contributed by atoms with van der Waals surface area (Å²) < 4.78 is 0. The molecule has 2 fully saturated rings. The maximum absolute atomic E-state index is 12.0. The summed E-state index contributed by atoms with van der Waals surface area (Å²) in [7, 11) is 1.93. The number of nitrogens with two attached hydrogens (primary N) is 1. The van der Waals surface area contributed by atoms with Crippen LogP contribution in [0.25, 0.3) is 0 Å². The Morgan fingerprint density at radius 2 is 2.06 bits per heavy atom. The van der Waals surface area contributed by atoms with Gasteiger partial charge in [-0.2, -0.15) is 0 Å². The molecular weight excluding hydrogens is 212 g/mol. The van der Waals surface area contributed by atoms with E-state index in [-0.39, 0.29) is 11.4 Å². The van der Waals surface area contributed by atoms with Gasteiger partial charge in [0.25, 0.3) is 0 Å². The first kappa shape index (κ1) is 12.9. The van der Waals surface area contributed by atoms with Crippen molar-refractivity contribution in [2.45, 2.75) is 51.5 Å². The number of carbonyl (C=O) groups is 1. The van der Waals surface area contributed by atoms with Crippen LogP contribution in [0.3, 0.4) is 0 Å². The Morgan fingerprint density at radius 1 is 1.35 bits per heavy atom. The van der Waals surface area contributed by atoms with Crippen LogP contribution >= 0.6 is 0 Å². The van der Waals surface area contributed by atoms with Crippen molar-refractivity contribution < 1.29 is 4.79 Å². The van der Waals surface area contributed by atoms with E-state index in [0.29, 0.717) is 6.42 Å². The molecule has 3 nitrogen and oxygen atoms in total. The van der Waals surface area contributed by atoms with Gasteiger partial charge in [0, 0.05) is 25.6 Å². The minimum Gasteiger partial charge on any atom is -0.345 e. The third-order valence-corrected chi connectivity index (χ3v) is 4.43. The summed E-state index contributed by atoms with van der Waals surface area (Å²) in [5, 5.41) is 0. The molecule has 0 saturated heterocycles. The highest BCUT2D eigenvalue weighted by Crippen LogP contribution is 2.48. The first-order valence-electron chi connectivity index (χ1n) is 6.88. The van der Waals surface area contributed by atoms with E-state index in [0.717, 1.165) is 24.3 Å². The average Bonchev–Trinajstić information content (AvgIpc) is 2.76. The third kappa shape index (κ3) is 3.21. The maximum Gasteiger partial charge on any atom is 0.224 e. The van der Waals surface area contributed by atoms with Gasteiger partial charge in [0.2, 0.25) is 5.91 Å². The van der Waals surface area contributed by atoms with Crippen LogP contribution in [0.4, 0.5) is 0 Å². The number of amides is 1. The van der Waals surface area contributed by atoms with Crippen molar-refractivity contribution >= 4 is 5.91 Å². The molecule has 3 heteroatoms. The number of fused-ring (bicyclic) bond motifs is 2. The molecule has 2 saturated carbocycles. The molecule has 98 valence electrons. The Hall–Kier alpha value is -0.570. The van der Waals surface area contributed by atoms with Gasteiger partial charge in [-0.25, -0.2) is 0 Å². The molecule has 0 aromatic carbocycles. The van der Waals surface area contributed by atoms with Crippen molar-refractivity contribution in [1.29, 1.82) is 0 Å². The summed E-state index contributed by atoms with van der Waals surface area (Å²) in [5.41, 5.74) is 5.51. The van der Waals surface area contributed by atoms with Crippen LogP contribution in [-0.2, 0) is 4.79 Å². The quantitative estimate of drug-likeness (QED) is 0.814. The van der Waals surface area contributed by atoms with E-state index in [1.54, 1.807) is 0 Å². The Labute approximate surface area is 105 Å². The minimum atomic E-state index is -0.389. The Morgan fingerprint density at radius 3 is 2.53 bits per heavy atom. The molecule has 2 aliphatic carbocycles. The van der Waals surface area contributed by atoms with E-state index in [1.807, 2.05) is 25.8 Å². The van der Waals surface area contributed by atoms with Crippen LogP contribution in [-0.4, -0.2) is 29.9 Å². The molecule has 2 rings (SSSR count). The normalized spacial score (nSPS) is 31.9. The molecule has 1 amide bonds. The van der Waals surface area contributed by atoms with Gasteiger partial charge in [0.15, 0.2) is 0 Å². The second-order valence-electron chi connectivity index (χ2n) is 6.87. The lowest BCUT2D eigenvalue weighted by atomic mass is 9.88. The monoisotopic (exact) mass is 238 g/mol.